The maximum atomic E-state index is 12.1. The van der Waals surface area contributed by atoms with Crippen LogP contribution >= 0.6 is 0 Å². The van der Waals surface area contributed by atoms with Gasteiger partial charge < -0.3 is 10.1 Å². The zero-order valence-electron chi connectivity index (χ0n) is 12.1. The summed E-state index contributed by atoms with van der Waals surface area (Å²) in [7, 11) is 0. The van der Waals surface area contributed by atoms with Gasteiger partial charge in [-0.3, -0.25) is 14.9 Å². The van der Waals surface area contributed by atoms with Crippen molar-refractivity contribution < 1.29 is 14.5 Å². The second-order valence-corrected chi connectivity index (χ2v) is 4.37. The highest BCUT2D eigenvalue weighted by molar-refractivity contribution is 6.04. The number of benzene rings is 1. The highest BCUT2D eigenvalue weighted by Crippen LogP contribution is 2.27. The zero-order chi connectivity index (χ0) is 16.1. The Morgan fingerprint density at radius 3 is 2.68 bits per heavy atom. The largest absolute Gasteiger partial charge is 0.477 e. The molecule has 1 heterocycles. The summed E-state index contributed by atoms with van der Waals surface area (Å²) in [5, 5.41) is 21.0. The standard InChI is InChI=1S/C14H14N4O4/c1-3-22-12-8-7-10(16-17-12)14(19)15-13-9(2)5-4-6-11(13)18(20)21/h4-8H,3H2,1-2H3,(H,15,19). The van der Waals surface area contributed by atoms with Gasteiger partial charge >= 0.3 is 0 Å². The Hall–Kier alpha value is -3.03. The van der Waals surface area contributed by atoms with Gasteiger partial charge in [0.2, 0.25) is 5.88 Å². The number of para-hydroxylation sites is 1. The third-order valence-electron chi connectivity index (χ3n) is 2.85. The van der Waals surface area contributed by atoms with E-state index in [1.807, 2.05) is 0 Å². The predicted octanol–water partition coefficient (Wildman–Crippen LogP) is 2.34. The minimum atomic E-state index is -0.576. The van der Waals surface area contributed by atoms with E-state index in [0.29, 0.717) is 18.1 Å². The first kappa shape index (κ1) is 15.4. The summed E-state index contributed by atoms with van der Waals surface area (Å²) in [5.41, 5.74) is 0.600. The van der Waals surface area contributed by atoms with E-state index in [2.05, 4.69) is 15.5 Å². The van der Waals surface area contributed by atoms with Gasteiger partial charge in [0.05, 0.1) is 11.5 Å². The number of amides is 1. The molecular formula is C14H14N4O4. The van der Waals surface area contributed by atoms with E-state index in [9.17, 15) is 14.9 Å². The van der Waals surface area contributed by atoms with Crippen LogP contribution in [0.15, 0.2) is 30.3 Å². The van der Waals surface area contributed by atoms with Crippen LogP contribution in [0, 0.1) is 17.0 Å². The number of ether oxygens (including phenoxy) is 1. The molecule has 1 N–H and O–H groups in total. The van der Waals surface area contributed by atoms with Gasteiger partial charge in [-0.05, 0) is 25.5 Å². The summed E-state index contributed by atoms with van der Waals surface area (Å²) in [6, 6.07) is 7.51. The highest BCUT2D eigenvalue weighted by Gasteiger charge is 2.19. The minimum absolute atomic E-state index is 0.0426. The van der Waals surface area contributed by atoms with Crippen LogP contribution in [0.5, 0.6) is 5.88 Å². The van der Waals surface area contributed by atoms with E-state index in [1.54, 1.807) is 26.0 Å². The van der Waals surface area contributed by atoms with Crippen molar-refractivity contribution in [1.29, 1.82) is 0 Å². The van der Waals surface area contributed by atoms with Gasteiger partial charge in [-0.2, -0.15) is 0 Å². The number of carbonyl (C=O) groups excluding carboxylic acids is 1. The number of aryl methyl sites for hydroxylation is 1. The number of nitro groups is 1. The Kier molecular flexibility index (Phi) is 4.62. The lowest BCUT2D eigenvalue weighted by Gasteiger charge is -2.08. The van der Waals surface area contributed by atoms with Crippen LogP contribution in [0.1, 0.15) is 23.0 Å². The lowest BCUT2D eigenvalue weighted by molar-refractivity contribution is -0.383. The molecule has 8 heteroatoms. The summed E-state index contributed by atoms with van der Waals surface area (Å²) < 4.78 is 5.13. The monoisotopic (exact) mass is 302 g/mol. The van der Waals surface area contributed by atoms with E-state index in [4.69, 9.17) is 4.74 Å². The smallest absolute Gasteiger partial charge is 0.293 e. The molecule has 0 radical (unpaired) electrons. The van der Waals surface area contributed by atoms with E-state index >= 15 is 0 Å². The van der Waals surface area contributed by atoms with Crippen LogP contribution in [0.3, 0.4) is 0 Å². The molecular weight excluding hydrogens is 288 g/mol. The van der Waals surface area contributed by atoms with Crippen molar-refractivity contribution >= 4 is 17.3 Å². The van der Waals surface area contributed by atoms with E-state index < -0.39 is 10.8 Å². The summed E-state index contributed by atoms with van der Waals surface area (Å²) in [5.74, 6) is -0.270. The first-order valence-corrected chi connectivity index (χ1v) is 6.54. The third-order valence-corrected chi connectivity index (χ3v) is 2.85. The van der Waals surface area contributed by atoms with Gasteiger partial charge in [-0.25, -0.2) is 0 Å². The van der Waals surface area contributed by atoms with E-state index in [-0.39, 0.29) is 17.1 Å². The molecule has 0 aliphatic rings. The minimum Gasteiger partial charge on any atom is -0.477 e. The number of nitrogens with one attached hydrogen (secondary N) is 1. The van der Waals surface area contributed by atoms with Crippen molar-refractivity contribution in [3.05, 3.63) is 51.7 Å². The molecule has 2 aromatic rings. The van der Waals surface area contributed by atoms with Crippen molar-refractivity contribution in [2.45, 2.75) is 13.8 Å². The Labute approximate surface area is 126 Å². The van der Waals surface area contributed by atoms with Crippen LogP contribution in [0.2, 0.25) is 0 Å². The number of carbonyl (C=O) groups is 1. The second-order valence-electron chi connectivity index (χ2n) is 4.37. The SMILES string of the molecule is CCOc1ccc(C(=O)Nc2c(C)cccc2[N+](=O)[O-])nn1. The Bertz CT molecular complexity index is 700. The molecule has 114 valence electrons. The number of hydrogen-bond acceptors (Lipinski definition) is 6. The van der Waals surface area contributed by atoms with Gasteiger partial charge in [-0.1, -0.05) is 12.1 Å². The van der Waals surface area contributed by atoms with Crippen molar-refractivity contribution in [1.82, 2.24) is 10.2 Å². The normalized spacial score (nSPS) is 10.1. The number of anilines is 1. The molecule has 8 nitrogen and oxygen atoms in total. The van der Waals surface area contributed by atoms with Gasteiger partial charge in [-0.15, -0.1) is 10.2 Å². The first-order valence-electron chi connectivity index (χ1n) is 6.54. The van der Waals surface area contributed by atoms with Crippen LogP contribution in [0.25, 0.3) is 0 Å². The lowest BCUT2D eigenvalue weighted by atomic mass is 10.1. The van der Waals surface area contributed by atoms with Crippen molar-refractivity contribution in [3.63, 3.8) is 0 Å². The Morgan fingerprint density at radius 1 is 1.32 bits per heavy atom. The molecule has 0 atom stereocenters. The molecule has 0 saturated carbocycles. The third kappa shape index (κ3) is 3.35. The second kappa shape index (κ2) is 6.61. The topological polar surface area (TPSA) is 107 Å². The number of nitrogens with zero attached hydrogens (tertiary/aromatic N) is 3. The van der Waals surface area contributed by atoms with Gasteiger partial charge in [0.1, 0.15) is 5.69 Å². The van der Waals surface area contributed by atoms with Crippen LogP contribution in [0.4, 0.5) is 11.4 Å². The molecule has 0 aliphatic heterocycles. The molecule has 1 amide bonds. The molecule has 0 spiro atoms. The summed E-state index contributed by atoms with van der Waals surface area (Å²) in [6.07, 6.45) is 0. The molecule has 0 aliphatic carbocycles. The predicted molar refractivity (Wildman–Crippen MR) is 79.0 cm³/mol. The van der Waals surface area contributed by atoms with Gasteiger partial charge in [0, 0.05) is 12.1 Å². The first-order chi connectivity index (χ1) is 10.5. The van der Waals surface area contributed by atoms with Crippen molar-refractivity contribution in [3.8, 4) is 5.88 Å². The van der Waals surface area contributed by atoms with Crippen LogP contribution < -0.4 is 10.1 Å². The fourth-order valence-corrected chi connectivity index (χ4v) is 1.81. The molecule has 0 bridgehead atoms. The molecule has 1 aromatic carbocycles. The fourth-order valence-electron chi connectivity index (χ4n) is 1.81. The van der Waals surface area contributed by atoms with E-state index in [0.717, 1.165) is 0 Å². The van der Waals surface area contributed by atoms with Crippen LogP contribution in [-0.4, -0.2) is 27.6 Å². The number of aromatic nitrogens is 2. The summed E-state index contributed by atoms with van der Waals surface area (Å²) in [6.45, 7) is 3.92. The molecule has 1 aromatic heterocycles. The van der Waals surface area contributed by atoms with Gasteiger partial charge in [0.15, 0.2) is 5.69 Å². The lowest BCUT2D eigenvalue weighted by Crippen LogP contribution is -2.16. The Morgan fingerprint density at radius 2 is 2.09 bits per heavy atom. The molecule has 0 unspecified atom stereocenters. The zero-order valence-corrected chi connectivity index (χ0v) is 12.1. The molecule has 2 rings (SSSR count). The summed E-state index contributed by atoms with van der Waals surface area (Å²) >= 11 is 0. The quantitative estimate of drug-likeness (QED) is 0.671. The fraction of sp³-hybridized carbons (Fsp3) is 0.214. The number of rotatable bonds is 5. The average molecular weight is 302 g/mol. The molecule has 0 saturated heterocycles. The maximum Gasteiger partial charge on any atom is 0.293 e. The highest BCUT2D eigenvalue weighted by atomic mass is 16.6. The van der Waals surface area contributed by atoms with Gasteiger partial charge in [0.25, 0.3) is 11.6 Å². The van der Waals surface area contributed by atoms with E-state index in [1.165, 1.54) is 18.2 Å². The number of hydrogen-bond donors (Lipinski definition) is 1. The molecule has 0 fully saturated rings. The maximum absolute atomic E-state index is 12.1. The van der Waals surface area contributed by atoms with Crippen molar-refractivity contribution in [2.24, 2.45) is 0 Å². The molecule has 22 heavy (non-hydrogen) atoms. The Balaban J connectivity index is 2.24. The van der Waals surface area contributed by atoms with Crippen LogP contribution in [-0.2, 0) is 0 Å². The average Bonchev–Trinajstić information content (AvgIpc) is 2.50. The summed E-state index contributed by atoms with van der Waals surface area (Å²) in [4.78, 5) is 22.6. The van der Waals surface area contributed by atoms with Crippen molar-refractivity contribution in [2.75, 3.05) is 11.9 Å². The number of nitro benzene ring substituents is 1.